The molecule has 0 radical (unpaired) electrons. The van der Waals surface area contributed by atoms with Gasteiger partial charge in [-0.1, -0.05) is 43.7 Å². The first-order valence-corrected chi connectivity index (χ1v) is 6.36. The molecule has 0 aliphatic rings. The third-order valence-corrected chi connectivity index (χ3v) is 3.75. The highest BCUT2D eigenvalue weighted by Gasteiger charge is 2.25. The van der Waals surface area contributed by atoms with E-state index in [1.54, 1.807) is 0 Å². The number of hydrogen-bond donors (Lipinski definition) is 1. The molecule has 1 aromatic carbocycles. The van der Waals surface area contributed by atoms with E-state index in [1.165, 1.54) is 30.4 Å². The summed E-state index contributed by atoms with van der Waals surface area (Å²) in [6.07, 6.45) is 3.65. The normalized spacial score (nSPS) is 11.8. The van der Waals surface area contributed by atoms with Crippen molar-refractivity contribution in [3.05, 3.63) is 35.4 Å². The molecular weight excluding hydrogens is 194 g/mol. The van der Waals surface area contributed by atoms with Gasteiger partial charge in [-0.3, -0.25) is 0 Å². The summed E-state index contributed by atoms with van der Waals surface area (Å²) in [5, 5.41) is 3.34. The van der Waals surface area contributed by atoms with Crippen LogP contribution in [0, 0.1) is 12.3 Å². The van der Waals surface area contributed by atoms with E-state index in [0.717, 1.165) is 6.54 Å². The molecule has 0 amide bonds. The van der Waals surface area contributed by atoms with Gasteiger partial charge in [0, 0.05) is 6.54 Å². The smallest absolute Gasteiger partial charge is 0.000779 e. The Morgan fingerprint density at radius 1 is 1.06 bits per heavy atom. The predicted molar refractivity (Wildman–Crippen MR) is 71.8 cm³/mol. The Morgan fingerprint density at radius 2 is 1.62 bits per heavy atom. The molecule has 0 saturated carbocycles. The highest BCUT2D eigenvalue weighted by Crippen LogP contribution is 2.30. The predicted octanol–water partition coefficient (Wildman–Crippen LogP) is 3.56. The van der Waals surface area contributed by atoms with Gasteiger partial charge in [0.05, 0.1) is 0 Å². The lowest BCUT2D eigenvalue weighted by molar-refractivity contribution is 0.253. The molecule has 16 heavy (non-hydrogen) atoms. The van der Waals surface area contributed by atoms with Gasteiger partial charge in [0.25, 0.3) is 0 Å². The van der Waals surface area contributed by atoms with E-state index in [1.807, 2.05) is 0 Å². The van der Waals surface area contributed by atoms with E-state index >= 15 is 0 Å². The summed E-state index contributed by atoms with van der Waals surface area (Å²) in [5.74, 6) is 0. The lowest BCUT2D eigenvalue weighted by Gasteiger charge is -2.31. The van der Waals surface area contributed by atoms with Crippen LogP contribution in [0.2, 0.25) is 0 Å². The zero-order valence-corrected chi connectivity index (χ0v) is 11.1. The van der Waals surface area contributed by atoms with Gasteiger partial charge in [0.2, 0.25) is 0 Å². The maximum Gasteiger partial charge on any atom is 0.000779 e. The van der Waals surface area contributed by atoms with Gasteiger partial charge in [0.15, 0.2) is 0 Å². The second kappa shape index (κ2) is 6.05. The van der Waals surface area contributed by atoms with Crippen LogP contribution in [0.3, 0.4) is 0 Å². The van der Waals surface area contributed by atoms with Gasteiger partial charge < -0.3 is 5.32 Å². The summed E-state index contributed by atoms with van der Waals surface area (Å²) in [6.45, 7) is 7.85. The summed E-state index contributed by atoms with van der Waals surface area (Å²) >= 11 is 0. The fraction of sp³-hybridized carbons (Fsp3) is 0.600. The Bertz CT molecular complexity index is 296. The highest BCUT2D eigenvalue weighted by atomic mass is 14.8. The maximum absolute atomic E-state index is 3.34. The Balaban J connectivity index is 2.78. The first kappa shape index (κ1) is 13.2. The lowest BCUT2D eigenvalue weighted by Crippen LogP contribution is -2.33. The van der Waals surface area contributed by atoms with Crippen LogP contribution in [0.15, 0.2) is 24.3 Å². The van der Waals surface area contributed by atoms with Crippen molar-refractivity contribution in [1.82, 2.24) is 5.32 Å². The number of nitrogens with one attached hydrogen (secondary N) is 1. The molecule has 0 bridgehead atoms. The molecule has 90 valence electrons. The first-order chi connectivity index (χ1) is 7.65. The molecule has 0 aromatic heterocycles. The Hall–Kier alpha value is -0.820. The molecule has 1 rings (SSSR count). The number of rotatable bonds is 6. The molecule has 0 fully saturated rings. The van der Waals surface area contributed by atoms with Crippen LogP contribution in [0.25, 0.3) is 0 Å². The van der Waals surface area contributed by atoms with Crippen LogP contribution in [0.5, 0.6) is 0 Å². The minimum Gasteiger partial charge on any atom is -0.319 e. The molecule has 1 aromatic rings. The molecule has 0 saturated heterocycles. The summed E-state index contributed by atoms with van der Waals surface area (Å²) in [5.41, 5.74) is 3.23. The molecule has 0 aliphatic carbocycles. The van der Waals surface area contributed by atoms with Gasteiger partial charge in [-0.25, -0.2) is 0 Å². The van der Waals surface area contributed by atoms with Crippen molar-refractivity contribution in [2.75, 3.05) is 13.6 Å². The van der Waals surface area contributed by atoms with Crippen LogP contribution < -0.4 is 5.32 Å². The maximum atomic E-state index is 3.34. The van der Waals surface area contributed by atoms with Crippen LogP contribution in [-0.4, -0.2) is 13.6 Å². The zero-order chi connectivity index (χ0) is 12.0. The molecule has 1 N–H and O–H groups in total. The van der Waals surface area contributed by atoms with E-state index < -0.39 is 0 Å². The number of hydrogen-bond acceptors (Lipinski definition) is 1. The summed E-state index contributed by atoms with van der Waals surface area (Å²) in [7, 11) is 2.05. The third kappa shape index (κ3) is 3.34. The van der Waals surface area contributed by atoms with Gasteiger partial charge in [0.1, 0.15) is 0 Å². The third-order valence-electron chi connectivity index (χ3n) is 3.75. The highest BCUT2D eigenvalue weighted by molar-refractivity contribution is 5.22. The van der Waals surface area contributed by atoms with Crippen LogP contribution in [-0.2, 0) is 6.42 Å². The second-order valence-corrected chi connectivity index (χ2v) is 4.90. The van der Waals surface area contributed by atoms with E-state index in [4.69, 9.17) is 0 Å². The molecule has 1 nitrogen and oxygen atoms in total. The van der Waals surface area contributed by atoms with Crippen molar-refractivity contribution in [1.29, 1.82) is 0 Å². The molecule has 0 heterocycles. The standard InChI is InChI=1S/C15H25N/c1-5-15(6-2,12-16-4)11-14-9-7-13(3)8-10-14/h7-10,16H,5-6,11-12H2,1-4H3. The molecule has 0 spiro atoms. The van der Waals surface area contributed by atoms with Gasteiger partial charge in [-0.2, -0.15) is 0 Å². The first-order valence-electron chi connectivity index (χ1n) is 6.36. The van der Waals surface area contributed by atoms with Crippen molar-refractivity contribution in [2.24, 2.45) is 5.41 Å². The van der Waals surface area contributed by atoms with Crippen LogP contribution in [0.4, 0.5) is 0 Å². The van der Waals surface area contributed by atoms with Crippen molar-refractivity contribution in [2.45, 2.75) is 40.0 Å². The van der Waals surface area contributed by atoms with E-state index in [-0.39, 0.29) is 0 Å². The summed E-state index contributed by atoms with van der Waals surface area (Å²) < 4.78 is 0. The fourth-order valence-electron chi connectivity index (χ4n) is 2.33. The average Bonchev–Trinajstić information content (AvgIpc) is 2.31. The number of benzene rings is 1. The van der Waals surface area contributed by atoms with Crippen molar-refractivity contribution in [3.8, 4) is 0 Å². The minimum absolute atomic E-state index is 0.421. The zero-order valence-electron chi connectivity index (χ0n) is 11.1. The second-order valence-electron chi connectivity index (χ2n) is 4.90. The molecule has 0 aliphatic heterocycles. The average molecular weight is 219 g/mol. The quantitative estimate of drug-likeness (QED) is 0.771. The molecule has 0 atom stereocenters. The lowest BCUT2D eigenvalue weighted by atomic mass is 9.77. The van der Waals surface area contributed by atoms with Gasteiger partial charge in [-0.15, -0.1) is 0 Å². The van der Waals surface area contributed by atoms with Gasteiger partial charge >= 0.3 is 0 Å². The Labute approximate surface area is 100 Å². The van der Waals surface area contributed by atoms with E-state index in [9.17, 15) is 0 Å². The summed E-state index contributed by atoms with van der Waals surface area (Å²) in [4.78, 5) is 0. The van der Waals surface area contributed by atoms with Crippen LogP contribution in [0.1, 0.15) is 37.8 Å². The topological polar surface area (TPSA) is 12.0 Å². The monoisotopic (exact) mass is 219 g/mol. The minimum atomic E-state index is 0.421. The van der Waals surface area contributed by atoms with Crippen LogP contribution >= 0.6 is 0 Å². The van der Waals surface area contributed by atoms with Gasteiger partial charge in [-0.05, 0) is 44.2 Å². The summed E-state index contributed by atoms with van der Waals surface area (Å²) in [6, 6.07) is 8.96. The van der Waals surface area contributed by atoms with Crippen molar-refractivity contribution >= 4 is 0 Å². The fourth-order valence-corrected chi connectivity index (χ4v) is 2.33. The Morgan fingerprint density at radius 3 is 2.06 bits per heavy atom. The largest absolute Gasteiger partial charge is 0.319 e. The SMILES string of the molecule is CCC(CC)(CNC)Cc1ccc(C)cc1. The van der Waals surface area contributed by atoms with E-state index in [2.05, 4.69) is 57.4 Å². The van der Waals surface area contributed by atoms with Crippen molar-refractivity contribution in [3.63, 3.8) is 0 Å². The molecule has 1 heteroatoms. The number of aryl methyl sites for hydroxylation is 1. The molecular formula is C15H25N. The van der Waals surface area contributed by atoms with Crippen molar-refractivity contribution < 1.29 is 0 Å². The van der Waals surface area contributed by atoms with E-state index in [0.29, 0.717) is 5.41 Å². The molecule has 0 unspecified atom stereocenters. The Kier molecular flexibility index (Phi) is 5.01.